The Morgan fingerprint density at radius 2 is 2.50 bits per heavy atom. The molecule has 0 aromatic heterocycles. The van der Waals surface area contributed by atoms with Crippen molar-refractivity contribution in [3.63, 3.8) is 0 Å². The Balaban J connectivity index is 3.61. The maximum absolute atomic E-state index is 10.1. The molecule has 0 saturated heterocycles. The molecule has 0 fully saturated rings. The summed E-state index contributed by atoms with van der Waals surface area (Å²) in [5, 5.41) is 8.27. The van der Waals surface area contributed by atoms with Gasteiger partial charge in [0.05, 0.1) is 0 Å². The molecule has 3 N–H and O–H groups in total. The molecule has 0 aliphatic carbocycles. The minimum atomic E-state index is -1.01. The topological polar surface area (TPSA) is 63.3 Å². The average molecular weight is 139 g/mol. The summed E-state index contributed by atoms with van der Waals surface area (Å²) in [5.74, 6) is 1.22. The molecular formula is C7H9NO2. The van der Waals surface area contributed by atoms with E-state index in [0.29, 0.717) is 0 Å². The van der Waals surface area contributed by atoms with Gasteiger partial charge in [0.2, 0.25) is 0 Å². The Bertz CT molecular complexity index is 179. The van der Waals surface area contributed by atoms with Crippen LogP contribution in [0, 0.1) is 12.3 Å². The van der Waals surface area contributed by atoms with Crippen molar-refractivity contribution in [3.05, 3.63) is 12.2 Å². The Hall–Kier alpha value is -1.27. The zero-order chi connectivity index (χ0) is 7.98. The van der Waals surface area contributed by atoms with E-state index in [1.165, 1.54) is 6.08 Å². The van der Waals surface area contributed by atoms with Crippen LogP contribution in [0.2, 0.25) is 0 Å². The fraction of sp³-hybridized carbons (Fsp3) is 0.286. The van der Waals surface area contributed by atoms with Crippen LogP contribution < -0.4 is 5.73 Å². The molecule has 0 heterocycles. The summed E-state index contributed by atoms with van der Waals surface area (Å²) in [4.78, 5) is 10.1. The molecule has 3 heteroatoms. The molecule has 0 rings (SSSR count). The van der Waals surface area contributed by atoms with Crippen LogP contribution in [-0.4, -0.2) is 17.1 Å². The van der Waals surface area contributed by atoms with E-state index in [1.54, 1.807) is 6.08 Å². The van der Waals surface area contributed by atoms with Crippen molar-refractivity contribution >= 4 is 5.97 Å². The lowest BCUT2D eigenvalue weighted by molar-refractivity contribution is -0.138. The van der Waals surface area contributed by atoms with E-state index in [1.807, 2.05) is 0 Å². The van der Waals surface area contributed by atoms with Crippen molar-refractivity contribution < 1.29 is 9.90 Å². The predicted octanol–water partition coefficient (Wildman–Crippen LogP) is -0.0222. The molecule has 0 aromatic carbocycles. The van der Waals surface area contributed by atoms with Gasteiger partial charge in [0.25, 0.3) is 0 Å². The Morgan fingerprint density at radius 3 is 2.90 bits per heavy atom. The quantitative estimate of drug-likeness (QED) is 0.540. The number of nitrogens with two attached hydrogens (primary N) is 1. The van der Waals surface area contributed by atoms with Crippen LogP contribution in [-0.2, 0) is 4.79 Å². The van der Waals surface area contributed by atoms with Crippen LogP contribution in [0.5, 0.6) is 0 Å². The van der Waals surface area contributed by atoms with Gasteiger partial charge in [-0.25, -0.2) is 0 Å². The zero-order valence-electron chi connectivity index (χ0n) is 5.45. The largest absolute Gasteiger partial charge is 0.480 e. The van der Waals surface area contributed by atoms with Crippen LogP contribution in [0.3, 0.4) is 0 Å². The second kappa shape index (κ2) is 4.59. The van der Waals surface area contributed by atoms with E-state index in [9.17, 15) is 4.79 Å². The standard InChI is InChI=1S/C7H9NO2/c1-2-3-4-5-6(8)7(9)10/h1,3-4,6H,5,8H2,(H,9,10)/t6-/m0/s1. The van der Waals surface area contributed by atoms with Crippen molar-refractivity contribution in [2.45, 2.75) is 12.5 Å². The molecule has 54 valence electrons. The van der Waals surface area contributed by atoms with Gasteiger partial charge in [0.1, 0.15) is 6.04 Å². The van der Waals surface area contributed by atoms with Crippen LogP contribution in [0.1, 0.15) is 6.42 Å². The van der Waals surface area contributed by atoms with Gasteiger partial charge in [0, 0.05) is 0 Å². The lowest BCUT2D eigenvalue weighted by Gasteiger charge is -1.98. The van der Waals surface area contributed by atoms with E-state index in [2.05, 4.69) is 5.92 Å². The lowest BCUT2D eigenvalue weighted by atomic mass is 10.2. The van der Waals surface area contributed by atoms with Crippen molar-refractivity contribution in [2.24, 2.45) is 5.73 Å². The molecule has 3 nitrogen and oxygen atoms in total. The minimum Gasteiger partial charge on any atom is -0.480 e. The van der Waals surface area contributed by atoms with E-state index < -0.39 is 12.0 Å². The van der Waals surface area contributed by atoms with Gasteiger partial charge in [-0.1, -0.05) is 12.0 Å². The molecule has 0 aliphatic heterocycles. The molecule has 1 atom stereocenters. The van der Waals surface area contributed by atoms with Crippen LogP contribution in [0.25, 0.3) is 0 Å². The smallest absolute Gasteiger partial charge is 0.320 e. The molecular weight excluding hydrogens is 130 g/mol. The predicted molar refractivity (Wildman–Crippen MR) is 38.2 cm³/mol. The molecule has 0 unspecified atom stereocenters. The summed E-state index contributed by atoms with van der Waals surface area (Å²) in [6.07, 6.45) is 8.13. The first kappa shape index (κ1) is 8.73. The van der Waals surface area contributed by atoms with Gasteiger partial charge in [-0.3, -0.25) is 4.79 Å². The monoisotopic (exact) mass is 139 g/mol. The molecule has 0 aromatic rings. The number of hydrogen-bond acceptors (Lipinski definition) is 2. The highest BCUT2D eigenvalue weighted by atomic mass is 16.4. The highest BCUT2D eigenvalue weighted by Gasteiger charge is 2.07. The maximum Gasteiger partial charge on any atom is 0.320 e. The summed E-state index contributed by atoms with van der Waals surface area (Å²) in [6, 6.07) is -0.843. The van der Waals surface area contributed by atoms with Gasteiger partial charge in [-0.15, -0.1) is 6.42 Å². The van der Waals surface area contributed by atoms with Gasteiger partial charge < -0.3 is 10.8 Å². The van der Waals surface area contributed by atoms with Crippen molar-refractivity contribution in [2.75, 3.05) is 0 Å². The molecule has 0 bridgehead atoms. The highest BCUT2D eigenvalue weighted by molar-refractivity contribution is 5.73. The Labute approximate surface area is 59.5 Å². The third kappa shape index (κ3) is 3.70. The first-order valence-electron chi connectivity index (χ1n) is 2.78. The number of carboxylic acids is 1. The van der Waals surface area contributed by atoms with Gasteiger partial charge in [-0.05, 0) is 12.5 Å². The molecule has 10 heavy (non-hydrogen) atoms. The number of hydrogen-bond donors (Lipinski definition) is 2. The second-order valence-electron chi connectivity index (χ2n) is 1.75. The fourth-order valence-corrected chi connectivity index (χ4v) is 0.384. The van der Waals surface area contributed by atoms with Crippen LogP contribution >= 0.6 is 0 Å². The SMILES string of the molecule is C#CC=CC[C@H](N)C(=O)O. The van der Waals surface area contributed by atoms with Crippen molar-refractivity contribution in [1.29, 1.82) is 0 Å². The number of terminal acetylenes is 1. The van der Waals surface area contributed by atoms with E-state index in [0.717, 1.165) is 0 Å². The van der Waals surface area contributed by atoms with Crippen LogP contribution in [0.4, 0.5) is 0 Å². The minimum absolute atomic E-state index is 0.277. The summed E-state index contributed by atoms with van der Waals surface area (Å²) < 4.78 is 0. The number of aliphatic carboxylic acids is 1. The number of carboxylic acid groups (broad SMARTS) is 1. The third-order valence-electron chi connectivity index (χ3n) is 0.921. The summed E-state index contributed by atoms with van der Waals surface area (Å²) in [6.45, 7) is 0. The first-order chi connectivity index (χ1) is 4.68. The molecule has 0 spiro atoms. The fourth-order valence-electron chi connectivity index (χ4n) is 0.384. The molecule has 0 amide bonds. The maximum atomic E-state index is 10.1. The summed E-state index contributed by atoms with van der Waals surface area (Å²) in [7, 11) is 0. The Morgan fingerprint density at radius 1 is 1.90 bits per heavy atom. The number of allylic oxidation sites excluding steroid dienone is 1. The van der Waals surface area contributed by atoms with Crippen molar-refractivity contribution in [1.82, 2.24) is 0 Å². The lowest BCUT2D eigenvalue weighted by Crippen LogP contribution is -2.29. The van der Waals surface area contributed by atoms with Gasteiger partial charge in [-0.2, -0.15) is 0 Å². The third-order valence-corrected chi connectivity index (χ3v) is 0.921. The van der Waals surface area contributed by atoms with E-state index >= 15 is 0 Å². The molecule has 0 radical (unpaired) electrons. The molecule has 0 aliphatic rings. The Kier molecular flexibility index (Phi) is 4.01. The zero-order valence-corrected chi connectivity index (χ0v) is 5.45. The van der Waals surface area contributed by atoms with E-state index in [-0.39, 0.29) is 6.42 Å². The van der Waals surface area contributed by atoms with Gasteiger partial charge in [0.15, 0.2) is 0 Å². The van der Waals surface area contributed by atoms with Crippen LogP contribution in [0.15, 0.2) is 12.2 Å². The average Bonchev–Trinajstić information content (AvgIpc) is 1.88. The molecule has 0 saturated carbocycles. The van der Waals surface area contributed by atoms with E-state index in [4.69, 9.17) is 17.3 Å². The number of rotatable bonds is 3. The second-order valence-corrected chi connectivity index (χ2v) is 1.75. The van der Waals surface area contributed by atoms with Gasteiger partial charge >= 0.3 is 5.97 Å². The highest BCUT2D eigenvalue weighted by Crippen LogP contribution is 1.88. The van der Waals surface area contributed by atoms with Crippen molar-refractivity contribution in [3.8, 4) is 12.3 Å². The number of carbonyl (C=O) groups is 1. The summed E-state index contributed by atoms with van der Waals surface area (Å²) >= 11 is 0. The summed E-state index contributed by atoms with van der Waals surface area (Å²) in [5.41, 5.74) is 5.14. The first-order valence-corrected chi connectivity index (χ1v) is 2.78. The normalized spacial score (nSPS) is 12.8.